The van der Waals surface area contributed by atoms with Gasteiger partial charge in [-0.3, -0.25) is 4.79 Å². The second-order valence-electron chi connectivity index (χ2n) is 6.76. The molecule has 1 aromatic heterocycles. The Balaban J connectivity index is 1.69. The van der Waals surface area contributed by atoms with Gasteiger partial charge >= 0.3 is 5.97 Å². The summed E-state index contributed by atoms with van der Waals surface area (Å²) in [6, 6.07) is 9.37. The van der Waals surface area contributed by atoms with Crippen LogP contribution in [0, 0.1) is 17.2 Å². The molecule has 3 rings (SSSR count). The summed E-state index contributed by atoms with van der Waals surface area (Å²) in [6.45, 7) is 3.76. The Kier molecular flexibility index (Phi) is 5.47. The number of nitrogens with zero attached hydrogens (tertiary/aromatic N) is 1. The molecule has 1 N–H and O–H groups in total. The fourth-order valence-corrected chi connectivity index (χ4v) is 3.02. The molecule has 0 spiro atoms. The van der Waals surface area contributed by atoms with E-state index in [4.69, 9.17) is 13.9 Å². The Labute approximate surface area is 157 Å². The van der Waals surface area contributed by atoms with Crippen molar-refractivity contribution in [3.8, 4) is 6.07 Å². The third-order valence-electron chi connectivity index (χ3n) is 4.69. The molecular weight excluding hydrogens is 348 g/mol. The summed E-state index contributed by atoms with van der Waals surface area (Å²) in [6.07, 6.45) is 1.81. The number of hydrogen-bond donors (Lipinski definition) is 1. The molecule has 1 amide bonds. The highest BCUT2D eigenvalue weighted by Gasteiger charge is 2.43. The fourth-order valence-electron chi connectivity index (χ4n) is 3.02. The smallest absolute Gasteiger partial charge is 0.375 e. The molecule has 1 aliphatic carbocycles. The van der Waals surface area contributed by atoms with Gasteiger partial charge < -0.3 is 19.2 Å². The predicted octanol–water partition coefficient (Wildman–Crippen LogP) is 2.93. The van der Waals surface area contributed by atoms with Crippen molar-refractivity contribution >= 4 is 22.8 Å². The zero-order chi connectivity index (χ0) is 19.4. The number of esters is 1. The van der Waals surface area contributed by atoms with Crippen LogP contribution >= 0.6 is 0 Å². The van der Waals surface area contributed by atoms with Gasteiger partial charge in [-0.15, -0.1) is 0 Å². The molecule has 0 radical (unpaired) electrons. The van der Waals surface area contributed by atoms with Crippen molar-refractivity contribution in [3.05, 3.63) is 35.6 Å². The number of nitriles is 1. The van der Waals surface area contributed by atoms with Gasteiger partial charge in [-0.25, -0.2) is 4.79 Å². The Morgan fingerprint density at radius 1 is 1.37 bits per heavy atom. The van der Waals surface area contributed by atoms with Gasteiger partial charge in [-0.1, -0.05) is 18.2 Å². The minimum Gasteiger partial charge on any atom is -0.450 e. The molecule has 7 heteroatoms. The lowest BCUT2D eigenvalue weighted by molar-refractivity contribution is -0.125. The van der Waals surface area contributed by atoms with Crippen LogP contribution in [0.25, 0.3) is 11.0 Å². The topological polar surface area (TPSA) is 102 Å². The van der Waals surface area contributed by atoms with Gasteiger partial charge in [0.2, 0.25) is 5.76 Å². The van der Waals surface area contributed by atoms with E-state index < -0.39 is 24.0 Å². The molecular formula is C20H22N2O5. The second-order valence-corrected chi connectivity index (χ2v) is 6.76. The molecule has 1 fully saturated rings. The molecule has 142 valence electrons. The van der Waals surface area contributed by atoms with E-state index in [9.17, 15) is 14.9 Å². The van der Waals surface area contributed by atoms with Crippen LogP contribution in [0.2, 0.25) is 0 Å². The maximum Gasteiger partial charge on any atom is 0.375 e. The summed E-state index contributed by atoms with van der Waals surface area (Å²) in [5, 5.41) is 12.7. The van der Waals surface area contributed by atoms with Crippen molar-refractivity contribution in [1.29, 1.82) is 5.26 Å². The van der Waals surface area contributed by atoms with Gasteiger partial charge in [0.1, 0.15) is 11.1 Å². The van der Waals surface area contributed by atoms with Crippen LogP contribution in [0.5, 0.6) is 0 Å². The molecule has 0 bridgehead atoms. The first-order chi connectivity index (χ1) is 13.0. The predicted molar refractivity (Wildman–Crippen MR) is 96.7 cm³/mol. The number of carbonyl (C=O) groups excluding carboxylic acids is 2. The highest BCUT2D eigenvalue weighted by Crippen LogP contribution is 2.39. The van der Waals surface area contributed by atoms with E-state index in [1.165, 1.54) is 0 Å². The summed E-state index contributed by atoms with van der Waals surface area (Å²) < 4.78 is 16.2. The van der Waals surface area contributed by atoms with Crippen LogP contribution in [0.1, 0.15) is 42.8 Å². The summed E-state index contributed by atoms with van der Waals surface area (Å²) >= 11 is 0. The van der Waals surface area contributed by atoms with Crippen molar-refractivity contribution < 1.29 is 23.5 Å². The Bertz CT molecular complexity index is 893. The SMILES string of the molecule is CCOCc1c(C(=O)OCC(=O)N[C@@](C)(C#N)C2CC2)oc2ccccc12. The standard InChI is InChI=1S/C20H22N2O5/c1-3-25-10-15-14-6-4-5-7-16(14)27-18(15)19(24)26-11-17(23)22-20(2,12-21)13-8-9-13/h4-7,13H,3,8-11H2,1-2H3,(H,22,23)/t20-/m0/s1. The van der Waals surface area contributed by atoms with E-state index in [1.807, 2.05) is 19.1 Å². The van der Waals surface area contributed by atoms with Gasteiger partial charge in [0.25, 0.3) is 5.91 Å². The van der Waals surface area contributed by atoms with Gasteiger partial charge in [0.15, 0.2) is 6.61 Å². The molecule has 0 saturated heterocycles. The molecule has 2 aromatic rings. The number of hydrogen-bond acceptors (Lipinski definition) is 6. The van der Waals surface area contributed by atoms with Crippen molar-refractivity contribution in [2.24, 2.45) is 5.92 Å². The van der Waals surface area contributed by atoms with Gasteiger partial charge in [-0.05, 0) is 38.7 Å². The molecule has 27 heavy (non-hydrogen) atoms. The summed E-state index contributed by atoms with van der Waals surface area (Å²) in [5.41, 5.74) is 0.218. The number of rotatable bonds is 8. The van der Waals surface area contributed by atoms with Crippen LogP contribution in [0.4, 0.5) is 0 Å². The zero-order valence-corrected chi connectivity index (χ0v) is 15.4. The highest BCUT2D eigenvalue weighted by molar-refractivity contribution is 5.96. The number of ether oxygens (including phenoxy) is 2. The van der Waals surface area contributed by atoms with Gasteiger partial charge in [-0.2, -0.15) is 5.26 Å². The monoisotopic (exact) mass is 370 g/mol. The fraction of sp³-hybridized carbons (Fsp3) is 0.450. The van der Waals surface area contributed by atoms with Crippen LogP contribution in [0.3, 0.4) is 0 Å². The molecule has 1 saturated carbocycles. The van der Waals surface area contributed by atoms with Crippen LogP contribution in [0.15, 0.2) is 28.7 Å². The minimum absolute atomic E-state index is 0.0303. The van der Waals surface area contributed by atoms with E-state index in [1.54, 1.807) is 19.1 Å². The van der Waals surface area contributed by atoms with Crippen LogP contribution in [-0.4, -0.2) is 30.6 Å². The normalized spacial score (nSPS) is 15.7. The Morgan fingerprint density at radius 3 is 2.78 bits per heavy atom. The molecule has 1 aromatic carbocycles. The maximum absolute atomic E-state index is 12.5. The number of carbonyl (C=O) groups is 2. The lowest BCUT2D eigenvalue weighted by Gasteiger charge is -2.22. The zero-order valence-electron chi connectivity index (χ0n) is 15.4. The first kappa shape index (κ1) is 18.9. The summed E-state index contributed by atoms with van der Waals surface area (Å²) in [7, 11) is 0. The molecule has 1 aliphatic rings. The van der Waals surface area contributed by atoms with Crippen molar-refractivity contribution in [3.63, 3.8) is 0 Å². The highest BCUT2D eigenvalue weighted by atomic mass is 16.5. The quantitative estimate of drug-likeness (QED) is 0.717. The van der Waals surface area contributed by atoms with Crippen molar-refractivity contribution in [2.75, 3.05) is 13.2 Å². The summed E-state index contributed by atoms with van der Waals surface area (Å²) in [5.74, 6) is -1.07. The Hall–Kier alpha value is -2.85. The van der Waals surface area contributed by atoms with Crippen molar-refractivity contribution in [1.82, 2.24) is 5.32 Å². The second kappa shape index (κ2) is 7.80. The van der Waals surface area contributed by atoms with E-state index in [2.05, 4.69) is 11.4 Å². The van der Waals surface area contributed by atoms with Crippen LogP contribution < -0.4 is 5.32 Å². The third kappa shape index (κ3) is 4.12. The Morgan fingerprint density at radius 2 is 2.11 bits per heavy atom. The molecule has 1 atom stereocenters. The largest absolute Gasteiger partial charge is 0.450 e. The van der Waals surface area contributed by atoms with E-state index in [0.717, 1.165) is 18.2 Å². The number of amides is 1. The molecule has 0 aliphatic heterocycles. The van der Waals surface area contributed by atoms with Gasteiger partial charge in [0.05, 0.1) is 12.7 Å². The first-order valence-corrected chi connectivity index (χ1v) is 8.96. The minimum atomic E-state index is -0.928. The molecule has 1 heterocycles. The summed E-state index contributed by atoms with van der Waals surface area (Å²) in [4.78, 5) is 24.6. The maximum atomic E-state index is 12.5. The number of furan rings is 1. The first-order valence-electron chi connectivity index (χ1n) is 8.96. The average Bonchev–Trinajstić information content (AvgIpc) is 3.46. The molecule has 7 nitrogen and oxygen atoms in total. The number of para-hydroxylation sites is 1. The lowest BCUT2D eigenvalue weighted by Crippen LogP contribution is -2.48. The van der Waals surface area contributed by atoms with Crippen LogP contribution in [-0.2, 0) is 20.9 Å². The molecule has 0 unspecified atom stereocenters. The number of fused-ring (bicyclic) bond motifs is 1. The number of benzene rings is 1. The van der Waals surface area contributed by atoms with Crippen molar-refractivity contribution in [2.45, 2.75) is 38.8 Å². The lowest BCUT2D eigenvalue weighted by atomic mass is 9.98. The van der Waals surface area contributed by atoms with E-state index >= 15 is 0 Å². The number of nitrogens with one attached hydrogen (secondary N) is 1. The van der Waals surface area contributed by atoms with E-state index in [0.29, 0.717) is 17.8 Å². The van der Waals surface area contributed by atoms with Gasteiger partial charge in [0, 0.05) is 17.6 Å². The third-order valence-corrected chi connectivity index (χ3v) is 4.69. The van der Waals surface area contributed by atoms with E-state index in [-0.39, 0.29) is 18.3 Å². The average molecular weight is 370 g/mol.